The van der Waals surface area contributed by atoms with Crippen LogP contribution in [-0.4, -0.2) is 43.5 Å². The monoisotopic (exact) mass is 431 g/mol. The molecule has 0 aliphatic heterocycles. The van der Waals surface area contributed by atoms with E-state index in [4.69, 9.17) is 5.11 Å². The molecular formula is C23H29NO5S. The Hall–Kier alpha value is -2.38. The zero-order chi connectivity index (χ0) is 21.9. The zero-order valence-electron chi connectivity index (χ0n) is 17.4. The Morgan fingerprint density at radius 3 is 2.17 bits per heavy atom. The van der Waals surface area contributed by atoms with E-state index in [0.717, 1.165) is 24.0 Å². The Kier molecular flexibility index (Phi) is 6.53. The van der Waals surface area contributed by atoms with E-state index in [-0.39, 0.29) is 17.1 Å². The van der Waals surface area contributed by atoms with Gasteiger partial charge in [0.25, 0.3) is 0 Å². The Morgan fingerprint density at radius 2 is 1.70 bits per heavy atom. The lowest BCUT2D eigenvalue weighted by Gasteiger charge is -2.25. The Morgan fingerprint density at radius 1 is 1.10 bits per heavy atom. The van der Waals surface area contributed by atoms with Gasteiger partial charge < -0.3 is 10.2 Å². The highest BCUT2D eigenvalue weighted by Gasteiger charge is 2.49. The molecule has 0 radical (unpaired) electrons. The van der Waals surface area contributed by atoms with Crippen molar-refractivity contribution in [2.45, 2.75) is 50.5 Å². The lowest BCUT2D eigenvalue weighted by atomic mass is 9.88. The topological polar surface area (TPSA) is 94.9 Å². The van der Waals surface area contributed by atoms with Crippen LogP contribution in [0.25, 0.3) is 0 Å². The number of anilines is 1. The molecular weight excluding hydrogens is 402 g/mol. The third-order valence-electron chi connectivity index (χ3n) is 5.97. The zero-order valence-corrected chi connectivity index (χ0v) is 18.2. The van der Waals surface area contributed by atoms with Crippen LogP contribution < -0.4 is 4.31 Å². The number of carbonyl (C=O) groups is 1. The van der Waals surface area contributed by atoms with Gasteiger partial charge in [0.15, 0.2) is 0 Å². The summed E-state index contributed by atoms with van der Waals surface area (Å²) >= 11 is 0. The molecule has 1 aliphatic carbocycles. The summed E-state index contributed by atoms with van der Waals surface area (Å²) in [6.45, 7) is 2.31. The number of aliphatic hydroxyl groups is 1. The molecule has 7 heteroatoms. The van der Waals surface area contributed by atoms with Crippen molar-refractivity contribution in [3.63, 3.8) is 0 Å². The fourth-order valence-electron chi connectivity index (χ4n) is 4.03. The SMILES string of the molecule is CCC(O)C1(c2ccc(N(CCCc3ccc(C(=O)O)cc3)S(C)(=O)=O)cc2)CC1. The Labute approximate surface area is 178 Å². The molecule has 1 aliphatic rings. The van der Waals surface area contributed by atoms with E-state index in [0.29, 0.717) is 31.5 Å². The van der Waals surface area contributed by atoms with Crippen LogP contribution in [0.2, 0.25) is 0 Å². The highest BCUT2D eigenvalue weighted by atomic mass is 32.2. The first kappa shape index (κ1) is 22.3. The third-order valence-corrected chi connectivity index (χ3v) is 7.17. The van der Waals surface area contributed by atoms with Crippen molar-refractivity contribution in [3.05, 3.63) is 65.2 Å². The minimum Gasteiger partial charge on any atom is -0.478 e. The van der Waals surface area contributed by atoms with Gasteiger partial charge in [0.05, 0.1) is 23.6 Å². The van der Waals surface area contributed by atoms with Crippen molar-refractivity contribution < 1.29 is 23.4 Å². The summed E-state index contributed by atoms with van der Waals surface area (Å²) in [5, 5.41) is 19.3. The van der Waals surface area contributed by atoms with Gasteiger partial charge in [0.2, 0.25) is 10.0 Å². The summed E-state index contributed by atoms with van der Waals surface area (Å²) < 4.78 is 26.1. The molecule has 0 heterocycles. The van der Waals surface area contributed by atoms with Gasteiger partial charge in [0, 0.05) is 12.0 Å². The molecule has 0 bridgehead atoms. The second-order valence-electron chi connectivity index (χ2n) is 8.07. The number of hydrogen-bond acceptors (Lipinski definition) is 4. The minimum atomic E-state index is -3.44. The van der Waals surface area contributed by atoms with Crippen LogP contribution in [0.5, 0.6) is 0 Å². The van der Waals surface area contributed by atoms with Crippen LogP contribution in [0.4, 0.5) is 5.69 Å². The number of rotatable bonds is 10. The molecule has 30 heavy (non-hydrogen) atoms. The van der Waals surface area contributed by atoms with E-state index in [1.807, 2.05) is 31.2 Å². The van der Waals surface area contributed by atoms with E-state index >= 15 is 0 Å². The lowest BCUT2D eigenvalue weighted by Crippen LogP contribution is -2.31. The molecule has 0 aromatic heterocycles. The average molecular weight is 432 g/mol. The quantitative estimate of drug-likeness (QED) is 0.599. The molecule has 0 amide bonds. The van der Waals surface area contributed by atoms with Crippen LogP contribution in [0.3, 0.4) is 0 Å². The molecule has 1 atom stereocenters. The van der Waals surface area contributed by atoms with Gasteiger partial charge in [-0.25, -0.2) is 13.2 Å². The number of sulfonamides is 1. The maximum atomic E-state index is 12.4. The molecule has 162 valence electrons. The van der Waals surface area contributed by atoms with E-state index in [1.54, 1.807) is 24.3 Å². The molecule has 2 aromatic carbocycles. The van der Waals surface area contributed by atoms with E-state index < -0.39 is 16.0 Å². The second kappa shape index (κ2) is 8.78. The molecule has 3 rings (SSSR count). The summed E-state index contributed by atoms with van der Waals surface area (Å²) in [6.07, 6.45) is 4.70. The van der Waals surface area contributed by atoms with Crippen molar-refractivity contribution >= 4 is 21.7 Å². The summed E-state index contributed by atoms with van der Waals surface area (Å²) in [7, 11) is -3.44. The predicted molar refractivity (Wildman–Crippen MR) is 118 cm³/mol. The Balaban J connectivity index is 1.68. The van der Waals surface area contributed by atoms with Crippen molar-refractivity contribution in [2.75, 3.05) is 17.1 Å². The number of aliphatic hydroxyl groups excluding tert-OH is 1. The lowest BCUT2D eigenvalue weighted by molar-refractivity contribution is 0.0697. The summed E-state index contributed by atoms with van der Waals surface area (Å²) in [5.74, 6) is -0.965. The molecule has 1 fully saturated rings. The van der Waals surface area contributed by atoms with Gasteiger partial charge in [-0.3, -0.25) is 4.31 Å². The first-order valence-electron chi connectivity index (χ1n) is 10.3. The highest BCUT2D eigenvalue weighted by molar-refractivity contribution is 7.92. The summed E-state index contributed by atoms with van der Waals surface area (Å²) in [5.41, 5.74) is 2.70. The number of aryl methyl sites for hydroxylation is 1. The van der Waals surface area contributed by atoms with E-state index in [1.165, 1.54) is 10.6 Å². The Bertz CT molecular complexity index is 979. The van der Waals surface area contributed by atoms with Crippen LogP contribution >= 0.6 is 0 Å². The second-order valence-corrected chi connectivity index (χ2v) is 9.97. The third kappa shape index (κ3) is 4.84. The molecule has 1 unspecified atom stereocenters. The molecule has 1 saturated carbocycles. The van der Waals surface area contributed by atoms with Gasteiger partial charge in [-0.2, -0.15) is 0 Å². The molecule has 2 N–H and O–H groups in total. The number of aromatic carboxylic acids is 1. The number of hydrogen-bond donors (Lipinski definition) is 2. The van der Waals surface area contributed by atoms with Gasteiger partial charge in [-0.15, -0.1) is 0 Å². The largest absolute Gasteiger partial charge is 0.478 e. The van der Waals surface area contributed by atoms with Crippen molar-refractivity contribution in [1.82, 2.24) is 0 Å². The van der Waals surface area contributed by atoms with Crippen molar-refractivity contribution in [2.24, 2.45) is 0 Å². The standard InChI is InChI=1S/C23H29NO5S/c1-3-21(25)23(14-15-23)19-10-12-20(13-11-19)24(30(2,28)29)16-4-5-17-6-8-18(9-7-17)22(26)27/h6-13,21,25H,3-5,14-16H2,1-2H3,(H,26,27). The molecule has 0 spiro atoms. The normalized spacial score (nSPS) is 16.1. The average Bonchev–Trinajstić information content (AvgIpc) is 3.52. The number of carboxylic acid groups (broad SMARTS) is 1. The molecule has 6 nitrogen and oxygen atoms in total. The summed E-state index contributed by atoms with van der Waals surface area (Å²) in [4.78, 5) is 10.9. The smallest absolute Gasteiger partial charge is 0.335 e. The maximum absolute atomic E-state index is 12.4. The predicted octanol–water partition coefficient (Wildman–Crippen LogP) is 3.59. The van der Waals surface area contributed by atoms with Gasteiger partial charge in [-0.05, 0) is 67.5 Å². The van der Waals surface area contributed by atoms with Gasteiger partial charge >= 0.3 is 5.97 Å². The van der Waals surface area contributed by atoms with Crippen molar-refractivity contribution in [3.8, 4) is 0 Å². The van der Waals surface area contributed by atoms with E-state index in [9.17, 15) is 18.3 Å². The highest BCUT2D eigenvalue weighted by Crippen LogP contribution is 2.52. The van der Waals surface area contributed by atoms with Gasteiger partial charge in [0.1, 0.15) is 0 Å². The van der Waals surface area contributed by atoms with Gasteiger partial charge in [-0.1, -0.05) is 31.2 Å². The first-order chi connectivity index (χ1) is 14.2. The number of carboxylic acids is 1. The molecule has 2 aromatic rings. The minimum absolute atomic E-state index is 0.175. The van der Waals surface area contributed by atoms with Crippen LogP contribution in [0.15, 0.2) is 48.5 Å². The maximum Gasteiger partial charge on any atom is 0.335 e. The number of benzene rings is 2. The van der Waals surface area contributed by atoms with Crippen LogP contribution in [-0.2, 0) is 21.9 Å². The fraction of sp³-hybridized carbons (Fsp3) is 0.435. The van der Waals surface area contributed by atoms with Crippen molar-refractivity contribution in [1.29, 1.82) is 0 Å². The van der Waals surface area contributed by atoms with Crippen LogP contribution in [0, 0.1) is 0 Å². The number of nitrogens with zero attached hydrogens (tertiary/aromatic N) is 1. The fourth-order valence-corrected chi connectivity index (χ4v) is 4.99. The van der Waals surface area contributed by atoms with E-state index in [2.05, 4.69) is 0 Å². The molecule has 0 saturated heterocycles. The first-order valence-corrected chi connectivity index (χ1v) is 12.1. The van der Waals surface area contributed by atoms with Crippen LogP contribution in [0.1, 0.15) is 54.1 Å². The summed E-state index contributed by atoms with van der Waals surface area (Å²) in [6, 6.07) is 14.1.